The lowest BCUT2D eigenvalue weighted by atomic mass is 10.0. The van der Waals surface area contributed by atoms with Gasteiger partial charge in [0.15, 0.2) is 5.96 Å². The molecule has 7 nitrogen and oxygen atoms in total. The Morgan fingerprint density at radius 2 is 2.00 bits per heavy atom. The van der Waals surface area contributed by atoms with Crippen LogP contribution in [-0.4, -0.2) is 45.5 Å². The molecule has 0 aliphatic rings. The van der Waals surface area contributed by atoms with E-state index in [2.05, 4.69) is 46.1 Å². The summed E-state index contributed by atoms with van der Waals surface area (Å²) >= 11 is 0. The molecule has 0 aromatic carbocycles. The lowest BCUT2D eigenvalue weighted by molar-refractivity contribution is 0.491. The van der Waals surface area contributed by atoms with E-state index in [-0.39, 0.29) is 11.4 Å². The molecular weight excluding hydrogens is 338 g/mol. The van der Waals surface area contributed by atoms with E-state index < -0.39 is 10.0 Å². The maximum absolute atomic E-state index is 12.1. The number of nitrogens with zero attached hydrogens (tertiary/aromatic N) is 2. The summed E-state index contributed by atoms with van der Waals surface area (Å²) in [4.78, 5) is 8.16. The van der Waals surface area contributed by atoms with Crippen molar-refractivity contribution in [2.24, 2.45) is 10.9 Å². The van der Waals surface area contributed by atoms with Crippen molar-refractivity contribution in [3.05, 3.63) is 24.5 Å². The van der Waals surface area contributed by atoms with Crippen LogP contribution in [0.4, 0.5) is 0 Å². The van der Waals surface area contributed by atoms with Crippen molar-refractivity contribution in [2.75, 3.05) is 20.1 Å². The molecule has 0 fully saturated rings. The summed E-state index contributed by atoms with van der Waals surface area (Å²) in [6.45, 7) is 7.28. The summed E-state index contributed by atoms with van der Waals surface area (Å²) in [6.07, 6.45) is 6.34. The minimum absolute atomic E-state index is 0.163. The molecule has 0 spiro atoms. The number of sulfonamides is 1. The van der Waals surface area contributed by atoms with E-state index in [1.54, 1.807) is 19.3 Å². The highest BCUT2D eigenvalue weighted by molar-refractivity contribution is 7.89. The Morgan fingerprint density at radius 3 is 2.60 bits per heavy atom. The van der Waals surface area contributed by atoms with Gasteiger partial charge in [0.2, 0.25) is 10.0 Å². The van der Waals surface area contributed by atoms with Crippen LogP contribution < -0.4 is 15.4 Å². The fourth-order valence-corrected chi connectivity index (χ4v) is 3.28. The van der Waals surface area contributed by atoms with Crippen LogP contribution in [0.1, 0.15) is 40.0 Å². The van der Waals surface area contributed by atoms with E-state index in [9.17, 15) is 8.42 Å². The van der Waals surface area contributed by atoms with Gasteiger partial charge in [0, 0.05) is 38.6 Å². The monoisotopic (exact) mass is 369 g/mol. The van der Waals surface area contributed by atoms with Gasteiger partial charge in [-0.15, -0.1) is 0 Å². The maximum atomic E-state index is 12.1. The van der Waals surface area contributed by atoms with E-state index in [0.717, 1.165) is 12.3 Å². The Morgan fingerprint density at radius 1 is 1.24 bits per heavy atom. The predicted molar refractivity (Wildman–Crippen MR) is 102 cm³/mol. The molecule has 8 heteroatoms. The summed E-state index contributed by atoms with van der Waals surface area (Å²) in [6, 6.07) is 3.43. The number of hydrogen-bond acceptors (Lipinski definition) is 4. The van der Waals surface area contributed by atoms with Gasteiger partial charge in [-0.1, -0.05) is 26.7 Å². The summed E-state index contributed by atoms with van der Waals surface area (Å²) < 4.78 is 26.7. The van der Waals surface area contributed by atoms with Crippen molar-refractivity contribution in [2.45, 2.75) is 51.0 Å². The number of rotatable bonds is 10. The van der Waals surface area contributed by atoms with Crippen LogP contribution in [0, 0.1) is 5.92 Å². The van der Waals surface area contributed by atoms with Crippen LogP contribution in [0.25, 0.3) is 0 Å². The first-order valence-electron chi connectivity index (χ1n) is 8.72. The number of nitrogens with one attached hydrogen (secondary N) is 3. The standard InChI is InChI=1S/C17H31N5O2S/c1-14(2)7-5-8-15(3)22-17(18-4)20-11-12-21-25(23,24)16-9-6-10-19-13-16/h6,9-10,13-15,21H,5,7-8,11-12H2,1-4H3,(H2,18,20,22). The van der Waals surface area contributed by atoms with Gasteiger partial charge in [0.05, 0.1) is 0 Å². The molecule has 25 heavy (non-hydrogen) atoms. The van der Waals surface area contributed by atoms with Crippen molar-refractivity contribution in [3.8, 4) is 0 Å². The van der Waals surface area contributed by atoms with Gasteiger partial charge in [-0.25, -0.2) is 13.1 Å². The summed E-state index contributed by atoms with van der Waals surface area (Å²) in [5.74, 6) is 1.40. The fraction of sp³-hybridized carbons (Fsp3) is 0.647. The molecule has 142 valence electrons. The second-order valence-corrected chi connectivity index (χ2v) is 8.22. The molecule has 0 radical (unpaired) electrons. The Hall–Kier alpha value is -1.67. The van der Waals surface area contributed by atoms with E-state index in [0.29, 0.717) is 18.5 Å². The van der Waals surface area contributed by atoms with Crippen molar-refractivity contribution in [3.63, 3.8) is 0 Å². The molecule has 0 bridgehead atoms. The summed E-state index contributed by atoms with van der Waals surface area (Å²) in [5.41, 5.74) is 0. The number of aliphatic imine (C=N–C) groups is 1. The Labute approximate surface area is 151 Å². The van der Waals surface area contributed by atoms with Gasteiger partial charge in [-0.05, 0) is 31.4 Å². The van der Waals surface area contributed by atoms with Crippen LogP contribution in [0.2, 0.25) is 0 Å². The summed E-state index contributed by atoms with van der Waals surface area (Å²) in [5, 5.41) is 6.44. The largest absolute Gasteiger partial charge is 0.355 e. The minimum Gasteiger partial charge on any atom is -0.355 e. The van der Waals surface area contributed by atoms with Crippen molar-refractivity contribution in [1.82, 2.24) is 20.3 Å². The molecule has 0 aliphatic carbocycles. The topological polar surface area (TPSA) is 95.5 Å². The molecule has 1 unspecified atom stereocenters. The SMILES string of the molecule is CN=C(NCCNS(=O)(=O)c1cccnc1)NC(C)CCCC(C)C. The molecule has 0 amide bonds. The third-order valence-electron chi connectivity index (χ3n) is 3.68. The molecular formula is C17H31N5O2S. The zero-order chi connectivity index (χ0) is 18.7. The van der Waals surface area contributed by atoms with Crippen molar-refractivity contribution >= 4 is 16.0 Å². The lowest BCUT2D eigenvalue weighted by Crippen LogP contribution is -2.44. The van der Waals surface area contributed by atoms with E-state index in [4.69, 9.17) is 0 Å². The van der Waals surface area contributed by atoms with Gasteiger partial charge >= 0.3 is 0 Å². The first-order valence-corrected chi connectivity index (χ1v) is 10.2. The average Bonchev–Trinajstić information content (AvgIpc) is 2.58. The quantitative estimate of drug-likeness (QED) is 0.332. The number of hydrogen-bond donors (Lipinski definition) is 3. The first kappa shape index (κ1) is 21.4. The highest BCUT2D eigenvalue weighted by Crippen LogP contribution is 2.08. The van der Waals surface area contributed by atoms with Crippen LogP contribution in [0.5, 0.6) is 0 Å². The molecule has 0 aliphatic heterocycles. The molecule has 0 saturated heterocycles. The third kappa shape index (κ3) is 8.83. The number of guanidine groups is 1. The van der Waals surface area contributed by atoms with Crippen molar-refractivity contribution < 1.29 is 8.42 Å². The molecule has 0 saturated carbocycles. The summed E-state index contributed by atoms with van der Waals surface area (Å²) in [7, 11) is -1.82. The smallest absolute Gasteiger partial charge is 0.242 e. The van der Waals surface area contributed by atoms with E-state index in [1.807, 2.05) is 0 Å². The van der Waals surface area contributed by atoms with Crippen LogP contribution >= 0.6 is 0 Å². The molecule has 1 heterocycles. The first-order chi connectivity index (χ1) is 11.8. The van der Waals surface area contributed by atoms with E-state index >= 15 is 0 Å². The van der Waals surface area contributed by atoms with E-state index in [1.165, 1.54) is 25.1 Å². The fourth-order valence-electron chi connectivity index (χ4n) is 2.29. The Kier molecular flexibility index (Phi) is 9.44. The molecule has 3 N–H and O–H groups in total. The third-order valence-corrected chi connectivity index (χ3v) is 5.13. The predicted octanol–water partition coefficient (Wildman–Crippen LogP) is 1.74. The average molecular weight is 370 g/mol. The zero-order valence-electron chi connectivity index (χ0n) is 15.6. The minimum atomic E-state index is -3.52. The van der Waals surface area contributed by atoms with Crippen LogP contribution in [0.3, 0.4) is 0 Å². The second kappa shape index (κ2) is 11.0. The molecule has 1 aromatic rings. The van der Waals surface area contributed by atoms with Gasteiger partial charge in [0.25, 0.3) is 0 Å². The lowest BCUT2D eigenvalue weighted by Gasteiger charge is -2.18. The van der Waals surface area contributed by atoms with Crippen LogP contribution in [-0.2, 0) is 10.0 Å². The van der Waals surface area contributed by atoms with Crippen molar-refractivity contribution in [1.29, 1.82) is 0 Å². The molecule has 1 aromatic heterocycles. The highest BCUT2D eigenvalue weighted by atomic mass is 32.2. The van der Waals surface area contributed by atoms with Gasteiger partial charge in [-0.3, -0.25) is 9.98 Å². The second-order valence-electron chi connectivity index (χ2n) is 6.46. The van der Waals surface area contributed by atoms with Crippen LogP contribution in [0.15, 0.2) is 34.4 Å². The van der Waals surface area contributed by atoms with Gasteiger partial charge in [0.1, 0.15) is 4.90 Å². The normalized spacial score (nSPS) is 13.7. The van der Waals surface area contributed by atoms with Gasteiger partial charge in [-0.2, -0.15) is 0 Å². The molecule has 1 rings (SSSR count). The van der Waals surface area contributed by atoms with Gasteiger partial charge < -0.3 is 10.6 Å². The highest BCUT2D eigenvalue weighted by Gasteiger charge is 2.13. The number of pyridine rings is 1. The number of aromatic nitrogens is 1. The Balaban J connectivity index is 2.31. The molecule has 1 atom stereocenters. The Bertz CT molecular complexity index is 617. The zero-order valence-corrected chi connectivity index (χ0v) is 16.4. The maximum Gasteiger partial charge on any atom is 0.242 e.